The zero-order valence-electron chi connectivity index (χ0n) is 13.7. The van der Waals surface area contributed by atoms with Crippen LogP contribution in [0.3, 0.4) is 0 Å². The van der Waals surface area contributed by atoms with Crippen molar-refractivity contribution in [2.45, 2.75) is 6.42 Å². The van der Waals surface area contributed by atoms with Gasteiger partial charge in [0.25, 0.3) is 5.91 Å². The van der Waals surface area contributed by atoms with E-state index in [1.165, 1.54) is 36.5 Å². The van der Waals surface area contributed by atoms with Crippen LogP contribution in [-0.2, 0) is 11.2 Å². The molecule has 0 spiro atoms. The van der Waals surface area contributed by atoms with Crippen LogP contribution in [0.1, 0.15) is 15.9 Å². The molecule has 0 bridgehead atoms. The Morgan fingerprint density at radius 1 is 1.19 bits per heavy atom. The van der Waals surface area contributed by atoms with E-state index in [0.717, 1.165) is 0 Å². The number of nitrogens with one attached hydrogen (secondary N) is 2. The normalized spacial score (nSPS) is 10.7. The number of benzene rings is 2. The lowest BCUT2D eigenvalue weighted by molar-refractivity contribution is -0.112. The van der Waals surface area contributed by atoms with Crippen molar-refractivity contribution in [2.75, 3.05) is 11.9 Å². The Hall–Kier alpha value is -3.66. The van der Waals surface area contributed by atoms with E-state index >= 15 is 0 Å². The van der Waals surface area contributed by atoms with Crippen molar-refractivity contribution in [3.05, 3.63) is 77.2 Å². The summed E-state index contributed by atoms with van der Waals surface area (Å²) in [5, 5.41) is 23.3. The topological polar surface area (TPSA) is 102 Å². The number of anilines is 1. The maximum atomic E-state index is 13.5. The van der Waals surface area contributed by atoms with Gasteiger partial charge in [-0.15, -0.1) is 0 Å². The molecule has 2 aromatic rings. The van der Waals surface area contributed by atoms with Gasteiger partial charge in [0.05, 0.1) is 5.56 Å². The number of nitrogens with zero attached hydrogens (tertiary/aromatic N) is 1. The van der Waals surface area contributed by atoms with E-state index in [9.17, 15) is 14.0 Å². The van der Waals surface area contributed by atoms with Crippen molar-refractivity contribution in [1.29, 1.82) is 5.26 Å². The van der Waals surface area contributed by atoms with E-state index in [2.05, 4.69) is 10.6 Å². The third-order valence-electron chi connectivity index (χ3n) is 3.48. The second-order valence-corrected chi connectivity index (χ2v) is 5.31. The fraction of sp³-hybridized carbons (Fsp3) is 0.105. The number of hydrogen-bond donors (Lipinski definition) is 3. The Morgan fingerprint density at radius 3 is 2.65 bits per heavy atom. The molecular weight excluding hydrogens is 337 g/mol. The van der Waals surface area contributed by atoms with Gasteiger partial charge in [-0.2, -0.15) is 5.26 Å². The molecule has 0 aliphatic heterocycles. The molecule has 0 saturated heterocycles. The van der Waals surface area contributed by atoms with Crippen LogP contribution in [0.5, 0.6) is 0 Å². The monoisotopic (exact) mass is 353 g/mol. The minimum absolute atomic E-state index is 0.0216. The number of carboxylic acid groups (broad SMARTS) is 1. The molecule has 2 aromatic carbocycles. The Balaban J connectivity index is 1.94. The van der Waals surface area contributed by atoms with E-state index in [-0.39, 0.29) is 22.6 Å². The lowest BCUT2D eigenvalue weighted by Crippen LogP contribution is -2.18. The Labute approximate surface area is 149 Å². The van der Waals surface area contributed by atoms with Crippen LogP contribution in [-0.4, -0.2) is 23.5 Å². The van der Waals surface area contributed by atoms with Crippen molar-refractivity contribution in [3.63, 3.8) is 0 Å². The quantitative estimate of drug-likeness (QED) is 0.403. The minimum atomic E-state index is -1.12. The predicted octanol–water partition coefficient (Wildman–Crippen LogP) is 2.70. The maximum Gasteiger partial charge on any atom is 0.335 e. The molecule has 0 aromatic heterocycles. The maximum absolute atomic E-state index is 13.5. The van der Waals surface area contributed by atoms with Gasteiger partial charge in [-0.3, -0.25) is 4.79 Å². The average molecular weight is 353 g/mol. The van der Waals surface area contributed by atoms with Crippen molar-refractivity contribution in [3.8, 4) is 6.07 Å². The van der Waals surface area contributed by atoms with Gasteiger partial charge in [-0.05, 0) is 36.2 Å². The van der Waals surface area contributed by atoms with Gasteiger partial charge in [-0.25, -0.2) is 9.18 Å². The van der Waals surface area contributed by atoms with Crippen molar-refractivity contribution >= 4 is 17.6 Å². The lowest BCUT2D eigenvalue weighted by atomic mass is 10.1. The van der Waals surface area contributed by atoms with Crippen LogP contribution in [0, 0.1) is 17.1 Å². The Morgan fingerprint density at radius 2 is 1.96 bits per heavy atom. The first-order valence-corrected chi connectivity index (χ1v) is 7.73. The molecule has 3 N–H and O–H groups in total. The number of nitriles is 1. The number of amides is 1. The van der Waals surface area contributed by atoms with Crippen LogP contribution < -0.4 is 10.6 Å². The summed E-state index contributed by atoms with van der Waals surface area (Å²) in [7, 11) is 0. The average Bonchev–Trinajstić information content (AvgIpc) is 2.63. The van der Waals surface area contributed by atoms with Gasteiger partial charge in [0, 0.05) is 18.4 Å². The molecule has 0 aliphatic carbocycles. The van der Waals surface area contributed by atoms with Gasteiger partial charge in [0.2, 0.25) is 0 Å². The van der Waals surface area contributed by atoms with Crippen LogP contribution >= 0.6 is 0 Å². The molecule has 0 fully saturated rings. The highest BCUT2D eigenvalue weighted by Gasteiger charge is 2.11. The molecular formula is C19H16FN3O3. The van der Waals surface area contributed by atoms with Crippen LogP contribution in [0.2, 0.25) is 0 Å². The van der Waals surface area contributed by atoms with Gasteiger partial charge in [0.15, 0.2) is 0 Å². The highest BCUT2D eigenvalue weighted by molar-refractivity contribution is 6.06. The summed E-state index contributed by atoms with van der Waals surface area (Å²) in [6.45, 7) is 0.341. The van der Waals surface area contributed by atoms with Crippen LogP contribution in [0.4, 0.5) is 10.1 Å². The van der Waals surface area contributed by atoms with Crippen molar-refractivity contribution in [1.82, 2.24) is 5.32 Å². The fourth-order valence-corrected chi connectivity index (χ4v) is 2.16. The largest absolute Gasteiger partial charge is 0.478 e. The zero-order valence-corrected chi connectivity index (χ0v) is 13.7. The summed E-state index contributed by atoms with van der Waals surface area (Å²) >= 11 is 0. The SMILES string of the molecule is N#C/C(=C/NCCc1ccccc1F)C(=O)Nc1cccc(C(=O)O)c1. The highest BCUT2D eigenvalue weighted by Crippen LogP contribution is 2.12. The first-order chi connectivity index (χ1) is 12.5. The van der Waals surface area contributed by atoms with Gasteiger partial charge in [0.1, 0.15) is 17.5 Å². The van der Waals surface area contributed by atoms with Crippen LogP contribution in [0.15, 0.2) is 60.3 Å². The van der Waals surface area contributed by atoms with Crippen molar-refractivity contribution in [2.24, 2.45) is 0 Å². The van der Waals surface area contributed by atoms with Crippen molar-refractivity contribution < 1.29 is 19.1 Å². The third kappa shape index (κ3) is 5.18. The first-order valence-electron chi connectivity index (χ1n) is 7.73. The summed E-state index contributed by atoms with van der Waals surface area (Å²) in [4.78, 5) is 23.0. The van der Waals surface area contributed by atoms with E-state index in [1.54, 1.807) is 24.3 Å². The summed E-state index contributed by atoms with van der Waals surface area (Å²) in [5.74, 6) is -2.10. The molecule has 1 amide bonds. The number of aromatic carboxylic acids is 1. The summed E-state index contributed by atoms with van der Waals surface area (Å²) in [6, 6.07) is 13.8. The Kier molecular flexibility index (Phi) is 6.46. The first kappa shape index (κ1) is 18.7. The second kappa shape index (κ2) is 8.99. The summed E-state index contributed by atoms with van der Waals surface area (Å²) < 4.78 is 13.5. The molecule has 132 valence electrons. The van der Waals surface area contributed by atoms with Gasteiger partial charge < -0.3 is 15.7 Å². The number of rotatable bonds is 7. The fourth-order valence-electron chi connectivity index (χ4n) is 2.16. The Bertz CT molecular complexity index is 888. The molecule has 0 radical (unpaired) electrons. The zero-order chi connectivity index (χ0) is 18.9. The van der Waals surface area contributed by atoms with Gasteiger partial charge >= 0.3 is 5.97 Å². The molecule has 0 saturated carbocycles. The van der Waals surface area contributed by atoms with E-state index in [4.69, 9.17) is 10.4 Å². The number of halogens is 1. The molecule has 6 nitrogen and oxygen atoms in total. The molecule has 0 atom stereocenters. The molecule has 2 rings (SSSR count). The molecule has 0 unspecified atom stereocenters. The predicted molar refractivity (Wildman–Crippen MR) is 93.8 cm³/mol. The molecule has 0 aliphatic rings. The van der Waals surface area contributed by atoms with E-state index in [1.807, 2.05) is 0 Å². The lowest BCUT2D eigenvalue weighted by Gasteiger charge is -2.06. The molecule has 0 heterocycles. The second-order valence-electron chi connectivity index (χ2n) is 5.31. The van der Waals surface area contributed by atoms with E-state index < -0.39 is 11.9 Å². The highest BCUT2D eigenvalue weighted by atomic mass is 19.1. The smallest absolute Gasteiger partial charge is 0.335 e. The van der Waals surface area contributed by atoms with Gasteiger partial charge in [-0.1, -0.05) is 24.3 Å². The van der Waals surface area contributed by atoms with E-state index in [0.29, 0.717) is 18.5 Å². The summed E-state index contributed by atoms with van der Waals surface area (Å²) in [5.41, 5.74) is 0.636. The summed E-state index contributed by atoms with van der Waals surface area (Å²) in [6.07, 6.45) is 1.64. The molecule has 7 heteroatoms. The number of carboxylic acids is 1. The standard InChI is InChI=1S/C19H16FN3O3/c20-17-7-2-1-4-13(17)8-9-22-12-15(11-21)18(24)23-16-6-3-5-14(10-16)19(25)26/h1-7,10,12,22H,8-9H2,(H,23,24)(H,25,26)/b15-12-. The third-order valence-corrected chi connectivity index (χ3v) is 3.48. The number of hydrogen-bond acceptors (Lipinski definition) is 4. The minimum Gasteiger partial charge on any atom is -0.478 e. The number of carbonyl (C=O) groups excluding carboxylic acids is 1. The number of carbonyl (C=O) groups is 2. The molecule has 26 heavy (non-hydrogen) atoms. The van der Waals surface area contributed by atoms with Crippen LogP contribution in [0.25, 0.3) is 0 Å².